The summed E-state index contributed by atoms with van der Waals surface area (Å²) < 4.78 is 1.03. The van der Waals surface area contributed by atoms with Crippen molar-refractivity contribution in [2.45, 2.75) is 38.1 Å². The summed E-state index contributed by atoms with van der Waals surface area (Å²) in [5, 5.41) is 14.9. The SMILES string of the molecule is O=C(Nc1cccc(I)c1)NC1CCCCCC1C(=O)O. The number of amides is 2. The average Bonchev–Trinajstić information content (AvgIpc) is 2.64. The van der Waals surface area contributed by atoms with Gasteiger partial charge in [-0.1, -0.05) is 25.3 Å². The molecule has 2 amide bonds. The fourth-order valence-corrected chi connectivity index (χ4v) is 3.22. The van der Waals surface area contributed by atoms with Gasteiger partial charge in [0, 0.05) is 15.3 Å². The summed E-state index contributed by atoms with van der Waals surface area (Å²) in [5.74, 6) is -1.31. The number of nitrogens with one attached hydrogen (secondary N) is 2. The van der Waals surface area contributed by atoms with E-state index in [1.807, 2.05) is 24.3 Å². The number of benzene rings is 1. The molecule has 6 heteroatoms. The molecule has 1 aliphatic carbocycles. The Morgan fingerprint density at radius 2 is 1.95 bits per heavy atom. The number of urea groups is 1. The van der Waals surface area contributed by atoms with Gasteiger partial charge in [0.15, 0.2) is 0 Å². The molecular weight excluding hydrogens is 383 g/mol. The zero-order valence-electron chi connectivity index (χ0n) is 11.6. The van der Waals surface area contributed by atoms with Crippen LogP contribution >= 0.6 is 22.6 Å². The first kappa shape index (κ1) is 16.1. The molecule has 21 heavy (non-hydrogen) atoms. The number of carbonyl (C=O) groups excluding carboxylic acids is 1. The van der Waals surface area contributed by atoms with Crippen LogP contribution in [0.15, 0.2) is 24.3 Å². The average molecular weight is 402 g/mol. The Labute approximate surface area is 137 Å². The van der Waals surface area contributed by atoms with Crippen molar-refractivity contribution in [3.63, 3.8) is 0 Å². The van der Waals surface area contributed by atoms with Crippen molar-refractivity contribution in [1.82, 2.24) is 5.32 Å². The quantitative estimate of drug-likeness (QED) is 0.536. The third-order valence-electron chi connectivity index (χ3n) is 3.73. The smallest absolute Gasteiger partial charge is 0.319 e. The normalized spacial score (nSPS) is 22.1. The van der Waals surface area contributed by atoms with Crippen LogP contribution in [0.1, 0.15) is 32.1 Å². The minimum absolute atomic E-state index is 0.298. The van der Waals surface area contributed by atoms with Gasteiger partial charge in [0.05, 0.1) is 5.92 Å². The first-order chi connectivity index (χ1) is 10.1. The van der Waals surface area contributed by atoms with E-state index < -0.39 is 11.9 Å². The fourth-order valence-electron chi connectivity index (χ4n) is 2.68. The summed E-state index contributed by atoms with van der Waals surface area (Å²) in [6.07, 6.45) is 4.24. The summed E-state index contributed by atoms with van der Waals surface area (Å²) >= 11 is 2.18. The molecule has 0 bridgehead atoms. The molecule has 0 radical (unpaired) electrons. The number of carboxylic acids is 1. The zero-order valence-corrected chi connectivity index (χ0v) is 13.8. The van der Waals surface area contributed by atoms with E-state index in [1.54, 1.807) is 0 Å². The summed E-state index contributed by atoms with van der Waals surface area (Å²) in [6.45, 7) is 0. The van der Waals surface area contributed by atoms with Crippen molar-refractivity contribution >= 4 is 40.3 Å². The van der Waals surface area contributed by atoms with E-state index >= 15 is 0 Å². The van der Waals surface area contributed by atoms with E-state index in [2.05, 4.69) is 33.2 Å². The van der Waals surface area contributed by atoms with Gasteiger partial charge in [0.1, 0.15) is 0 Å². The minimum Gasteiger partial charge on any atom is -0.481 e. The molecule has 1 aromatic rings. The van der Waals surface area contributed by atoms with E-state index in [9.17, 15) is 14.7 Å². The molecule has 3 N–H and O–H groups in total. The number of carbonyl (C=O) groups is 2. The van der Waals surface area contributed by atoms with E-state index in [1.165, 1.54) is 0 Å². The predicted molar refractivity (Wildman–Crippen MR) is 89.3 cm³/mol. The maximum Gasteiger partial charge on any atom is 0.319 e. The van der Waals surface area contributed by atoms with Gasteiger partial charge in [-0.3, -0.25) is 4.79 Å². The van der Waals surface area contributed by atoms with Gasteiger partial charge in [-0.2, -0.15) is 0 Å². The third-order valence-corrected chi connectivity index (χ3v) is 4.40. The lowest BCUT2D eigenvalue weighted by Crippen LogP contribution is -2.44. The molecule has 0 saturated heterocycles. The number of anilines is 1. The Balaban J connectivity index is 1.97. The molecule has 0 spiro atoms. The molecule has 2 unspecified atom stereocenters. The van der Waals surface area contributed by atoms with Crippen molar-refractivity contribution in [2.75, 3.05) is 5.32 Å². The van der Waals surface area contributed by atoms with Gasteiger partial charge in [-0.05, 0) is 53.6 Å². The number of halogens is 1. The Hall–Kier alpha value is -1.31. The monoisotopic (exact) mass is 402 g/mol. The number of hydrogen-bond acceptors (Lipinski definition) is 2. The first-order valence-corrected chi connectivity index (χ1v) is 8.20. The maximum absolute atomic E-state index is 12.1. The van der Waals surface area contributed by atoms with Crippen LogP contribution in [0.25, 0.3) is 0 Å². The van der Waals surface area contributed by atoms with E-state index in [0.29, 0.717) is 12.1 Å². The highest BCUT2D eigenvalue weighted by molar-refractivity contribution is 14.1. The molecular formula is C15H19IN2O3. The Bertz CT molecular complexity index is 521. The van der Waals surface area contributed by atoms with Gasteiger partial charge in [0.25, 0.3) is 0 Å². The first-order valence-electron chi connectivity index (χ1n) is 7.12. The van der Waals surface area contributed by atoms with Gasteiger partial charge in [0.2, 0.25) is 0 Å². The summed E-state index contributed by atoms with van der Waals surface area (Å²) in [5.41, 5.74) is 0.708. The van der Waals surface area contributed by atoms with Crippen LogP contribution in [-0.4, -0.2) is 23.1 Å². The van der Waals surface area contributed by atoms with Crippen LogP contribution in [0.3, 0.4) is 0 Å². The van der Waals surface area contributed by atoms with Crippen molar-refractivity contribution in [1.29, 1.82) is 0 Å². The van der Waals surface area contributed by atoms with E-state index in [0.717, 1.165) is 29.3 Å². The highest BCUT2D eigenvalue weighted by Gasteiger charge is 2.30. The topological polar surface area (TPSA) is 78.4 Å². The second-order valence-electron chi connectivity index (χ2n) is 5.30. The fraction of sp³-hybridized carbons (Fsp3) is 0.467. The molecule has 1 saturated carbocycles. The third kappa shape index (κ3) is 4.87. The number of rotatable bonds is 3. The van der Waals surface area contributed by atoms with Gasteiger partial charge in [-0.25, -0.2) is 4.79 Å². The van der Waals surface area contributed by atoms with Crippen LogP contribution in [0, 0.1) is 9.49 Å². The number of hydrogen-bond donors (Lipinski definition) is 3. The zero-order chi connectivity index (χ0) is 15.2. The molecule has 2 rings (SSSR count). The van der Waals surface area contributed by atoms with E-state index in [-0.39, 0.29) is 12.1 Å². The number of carboxylic acid groups (broad SMARTS) is 1. The maximum atomic E-state index is 12.1. The summed E-state index contributed by atoms with van der Waals surface area (Å²) in [4.78, 5) is 23.4. The van der Waals surface area contributed by atoms with Gasteiger partial charge < -0.3 is 15.7 Å². The standard InChI is InChI=1S/C15H19IN2O3/c16-10-5-4-6-11(9-10)17-15(21)18-13-8-3-1-2-7-12(13)14(19)20/h4-6,9,12-13H,1-3,7-8H2,(H,19,20)(H2,17,18,21). The minimum atomic E-state index is -0.823. The molecule has 0 aliphatic heterocycles. The van der Waals surface area contributed by atoms with Crippen LogP contribution < -0.4 is 10.6 Å². The summed E-state index contributed by atoms with van der Waals surface area (Å²) in [7, 11) is 0. The summed E-state index contributed by atoms with van der Waals surface area (Å²) in [6, 6.07) is 6.84. The molecule has 0 heterocycles. The van der Waals surface area contributed by atoms with E-state index in [4.69, 9.17) is 0 Å². The van der Waals surface area contributed by atoms with Crippen molar-refractivity contribution in [3.05, 3.63) is 27.8 Å². The highest BCUT2D eigenvalue weighted by atomic mass is 127. The molecule has 1 fully saturated rings. The second-order valence-corrected chi connectivity index (χ2v) is 6.54. The van der Waals surface area contributed by atoms with Crippen LogP contribution in [0.2, 0.25) is 0 Å². The lowest BCUT2D eigenvalue weighted by Gasteiger charge is -2.23. The molecule has 114 valence electrons. The van der Waals surface area contributed by atoms with Crippen LogP contribution in [-0.2, 0) is 4.79 Å². The molecule has 5 nitrogen and oxygen atoms in total. The van der Waals surface area contributed by atoms with Crippen LogP contribution in [0.5, 0.6) is 0 Å². The Morgan fingerprint density at radius 3 is 2.67 bits per heavy atom. The highest BCUT2D eigenvalue weighted by Crippen LogP contribution is 2.24. The largest absolute Gasteiger partial charge is 0.481 e. The van der Waals surface area contributed by atoms with Crippen molar-refractivity contribution < 1.29 is 14.7 Å². The molecule has 2 atom stereocenters. The second kappa shape index (κ2) is 7.63. The Morgan fingerprint density at radius 1 is 1.19 bits per heavy atom. The van der Waals surface area contributed by atoms with Crippen molar-refractivity contribution in [2.24, 2.45) is 5.92 Å². The van der Waals surface area contributed by atoms with Crippen LogP contribution in [0.4, 0.5) is 10.5 Å². The van der Waals surface area contributed by atoms with Gasteiger partial charge in [-0.15, -0.1) is 0 Å². The lowest BCUT2D eigenvalue weighted by atomic mass is 9.95. The molecule has 1 aromatic carbocycles. The lowest BCUT2D eigenvalue weighted by molar-refractivity contribution is -0.142. The molecule has 0 aromatic heterocycles. The van der Waals surface area contributed by atoms with Gasteiger partial charge >= 0.3 is 12.0 Å². The predicted octanol–water partition coefficient (Wildman–Crippen LogP) is 3.45. The molecule has 1 aliphatic rings. The van der Waals surface area contributed by atoms with Crippen molar-refractivity contribution in [3.8, 4) is 0 Å². The number of aliphatic carboxylic acids is 1. The Kier molecular flexibility index (Phi) is 5.84.